The second kappa shape index (κ2) is 5.55. The Balaban J connectivity index is 0.000000261. The van der Waals surface area contributed by atoms with E-state index in [9.17, 15) is 0 Å². The molecule has 0 aromatic heterocycles. The first-order valence-electron chi connectivity index (χ1n) is 3.60. The Bertz CT molecular complexity index is 216. The van der Waals surface area contributed by atoms with E-state index in [4.69, 9.17) is 0 Å². The van der Waals surface area contributed by atoms with Crippen molar-refractivity contribution in [1.82, 2.24) is 0 Å². The SMILES string of the molecule is Cc1ccc(C)cc1.NC(N)=S. The normalized spacial score (nSPS) is 8.17. The molecule has 1 aromatic rings. The predicted molar refractivity (Wildman–Crippen MR) is 56.9 cm³/mol. The molecule has 12 heavy (non-hydrogen) atoms. The molecule has 0 fully saturated rings. The van der Waals surface area contributed by atoms with E-state index in [1.54, 1.807) is 0 Å². The van der Waals surface area contributed by atoms with Gasteiger partial charge in [0.1, 0.15) is 0 Å². The van der Waals surface area contributed by atoms with Crippen LogP contribution in [0.5, 0.6) is 0 Å². The minimum Gasteiger partial charge on any atom is -0.377 e. The third-order valence-corrected chi connectivity index (χ3v) is 1.22. The second-order valence-corrected chi connectivity index (χ2v) is 3.03. The summed E-state index contributed by atoms with van der Waals surface area (Å²) in [6, 6.07) is 8.48. The molecule has 0 radical (unpaired) electrons. The maximum atomic E-state index is 4.62. The molecule has 0 saturated carbocycles. The van der Waals surface area contributed by atoms with Crippen molar-refractivity contribution in [1.29, 1.82) is 0 Å². The molecule has 4 N–H and O–H groups in total. The van der Waals surface area contributed by atoms with E-state index in [2.05, 4.69) is 61.8 Å². The van der Waals surface area contributed by atoms with Crippen molar-refractivity contribution < 1.29 is 0 Å². The topological polar surface area (TPSA) is 52.0 Å². The Morgan fingerprint density at radius 3 is 1.33 bits per heavy atom. The molecule has 0 unspecified atom stereocenters. The average Bonchev–Trinajstić information content (AvgIpc) is 1.94. The molecule has 0 bridgehead atoms. The number of hydrogen-bond donors (Lipinski definition) is 2. The fraction of sp³-hybridized carbons (Fsp3) is 0.222. The van der Waals surface area contributed by atoms with Gasteiger partial charge in [0.25, 0.3) is 0 Å². The molecule has 3 heteroatoms. The predicted octanol–water partition coefficient (Wildman–Crippen LogP) is 1.49. The first-order valence-corrected chi connectivity index (χ1v) is 4.01. The molecule has 0 aliphatic carbocycles. The highest BCUT2D eigenvalue weighted by atomic mass is 32.1. The molecular weight excluding hydrogens is 168 g/mol. The minimum absolute atomic E-state index is 0.000000000000000222. The highest BCUT2D eigenvalue weighted by Crippen LogP contribution is 1.99. The summed E-state index contributed by atoms with van der Waals surface area (Å²) < 4.78 is 0. The Morgan fingerprint density at radius 2 is 1.17 bits per heavy atom. The quantitative estimate of drug-likeness (QED) is 0.598. The lowest BCUT2D eigenvalue weighted by atomic mass is 10.2. The van der Waals surface area contributed by atoms with Crippen LogP contribution in [0, 0.1) is 13.8 Å². The van der Waals surface area contributed by atoms with E-state index in [0.717, 1.165) is 0 Å². The Morgan fingerprint density at radius 1 is 1.00 bits per heavy atom. The number of benzene rings is 1. The van der Waals surface area contributed by atoms with Crippen molar-refractivity contribution in [2.75, 3.05) is 0 Å². The summed E-state index contributed by atoms with van der Waals surface area (Å²) in [5.74, 6) is 0. The molecule has 0 atom stereocenters. The van der Waals surface area contributed by atoms with E-state index < -0.39 is 0 Å². The molecular formula is C9H14N2S. The summed E-state index contributed by atoms with van der Waals surface area (Å²) in [7, 11) is 0. The number of nitrogens with two attached hydrogens (primary N) is 2. The van der Waals surface area contributed by atoms with Crippen LogP contribution in [0.25, 0.3) is 0 Å². The number of hydrogen-bond acceptors (Lipinski definition) is 1. The van der Waals surface area contributed by atoms with Gasteiger partial charge in [-0.1, -0.05) is 35.4 Å². The van der Waals surface area contributed by atoms with Gasteiger partial charge in [0.2, 0.25) is 0 Å². The van der Waals surface area contributed by atoms with Gasteiger partial charge in [-0.2, -0.15) is 0 Å². The zero-order valence-electron chi connectivity index (χ0n) is 7.37. The molecule has 1 aromatic carbocycles. The van der Waals surface area contributed by atoms with Crippen molar-refractivity contribution in [3.63, 3.8) is 0 Å². The lowest BCUT2D eigenvalue weighted by Crippen LogP contribution is -2.18. The van der Waals surface area contributed by atoms with Gasteiger partial charge in [-0.15, -0.1) is 0 Å². The Hall–Kier alpha value is -1.09. The van der Waals surface area contributed by atoms with Crippen molar-refractivity contribution in [3.8, 4) is 0 Å². The molecule has 2 nitrogen and oxygen atoms in total. The number of aryl methyl sites for hydroxylation is 2. The zero-order chi connectivity index (χ0) is 9.56. The van der Waals surface area contributed by atoms with Crippen LogP contribution in [0.15, 0.2) is 24.3 Å². The van der Waals surface area contributed by atoms with Crippen molar-refractivity contribution in [3.05, 3.63) is 35.4 Å². The Labute approximate surface area is 78.6 Å². The summed E-state index contributed by atoms with van der Waals surface area (Å²) in [5, 5.41) is 0.000000000000000222. The fourth-order valence-corrected chi connectivity index (χ4v) is 0.637. The first kappa shape index (κ1) is 10.9. The molecule has 66 valence electrons. The van der Waals surface area contributed by atoms with Crippen LogP contribution >= 0.6 is 12.2 Å². The molecule has 1 rings (SSSR count). The molecule has 0 saturated heterocycles. The van der Waals surface area contributed by atoms with Crippen LogP contribution in [0.3, 0.4) is 0 Å². The summed E-state index contributed by atoms with van der Waals surface area (Å²) in [6.45, 7) is 4.19. The average molecular weight is 182 g/mol. The lowest BCUT2D eigenvalue weighted by Gasteiger charge is -1.90. The van der Waals surface area contributed by atoms with Crippen LogP contribution in [0.2, 0.25) is 0 Å². The van der Waals surface area contributed by atoms with Gasteiger partial charge in [-0.25, -0.2) is 0 Å². The van der Waals surface area contributed by atoms with Gasteiger partial charge in [-0.3, -0.25) is 0 Å². The van der Waals surface area contributed by atoms with Crippen LogP contribution in [0.1, 0.15) is 11.1 Å². The summed E-state index contributed by atoms with van der Waals surface area (Å²) in [5.41, 5.74) is 11.9. The zero-order valence-corrected chi connectivity index (χ0v) is 8.19. The van der Waals surface area contributed by atoms with Crippen molar-refractivity contribution in [2.24, 2.45) is 11.5 Å². The Kier molecular flexibility index (Phi) is 5.04. The third-order valence-electron chi connectivity index (χ3n) is 1.22. The highest BCUT2D eigenvalue weighted by molar-refractivity contribution is 7.80. The molecule has 0 spiro atoms. The van der Waals surface area contributed by atoms with E-state index in [1.807, 2.05) is 0 Å². The number of thiocarbonyl (C=S) groups is 1. The largest absolute Gasteiger partial charge is 0.377 e. The van der Waals surface area contributed by atoms with Gasteiger partial charge in [0.15, 0.2) is 5.11 Å². The maximum absolute atomic E-state index is 4.62. The summed E-state index contributed by atoms with van der Waals surface area (Å²) in [6.07, 6.45) is 0. The van der Waals surface area contributed by atoms with Crippen LogP contribution in [0.4, 0.5) is 0 Å². The van der Waals surface area contributed by atoms with E-state index in [0.29, 0.717) is 0 Å². The first-order chi connectivity index (χ1) is 5.52. The van der Waals surface area contributed by atoms with Crippen molar-refractivity contribution >= 4 is 17.3 Å². The maximum Gasteiger partial charge on any atom is 0.160 e. The van der Waals surface area contributed by atoms with E-state index >= 15 is 0 Å². The summed E-state index contributed by atoms with van der Waals surface area (Å²) in [4.78, 5) is 0. The second-order valence-electron chi connectivity index (χ2n) is 2.56. The molecule has 0 aliphatic heterocycles. The van der Waals surface area contributed by atoms with Gasteiger partial charge in [0.05, 0.1) is 0 Å². The standard InChI is InChI=1S/C8H10.CH4N2S/c1-7-3-5-8(2)6-4-7;2-1(3)4/h3-6H,1-2H3;(H4,2,3,4). The fourth-order valence-electron chi connectivity index (χ4n) is 0.637. The van der Waals surface area contributed by atoms with Crippen LogP contribution in [-0.2, 0) is 0 Å². The highest BCUT2D eigenvalue weighted by Gasteiger charge is 1.79. The van der Waals surface area contributed by atoms with E-state index in [-0.39, 0.29) is 5.11 Å². The number of rotatable bonds is 0. The molecule has 0 heterocycles. The smallest absolute Gasteiger partial charge is 0.160 e. The van der Waals surface area contributed by atoms with Crippen LogP contribution < -0.4 is 11.5 Å². The van der Waals surface area contributed by atoms with Crippen molar-refractivity contribution in [2.45, 2.75) is 13.8 Å². The minimum atomic E-state index is 0.000000000000000222. The third kappa shape index (κ3) is 7.02. The van der Waals surface area contributed by atoms with Gasteiger partial charge < -0.3 is 11.5 Å². The molecule has 0 aliphatic rings. The van der Waals surface area contributed by atoms with Gasteiger partial charge >= 0.3 is 0 Å². The van der Waals surface area contributed by atoms with Gasteiger partial charge in [-0.05, 0) is 26.1 Å². The monoisotopic (exact) mass is 182 g/mol. The van der Waals surface area contributed by atoms with Crippen LogP contribution in [-0.4, -0.2) is 5.11 Å². The van der Waals surface area contributed by atoms with E-state index in [1.165, 1.54) is 11.1 Å². The summed E-state index contributed by atoms with van der Waals surface area (Å²) >= 11 is 4.09. The lowest BCUT2D eigenvalue weighted by molar-refractivity contribution is 1.40. The van der Waals surface area contributed by atoms with Gasteiger partial charge in [0, 0.05) is 0 Å². The molecule has 0 amide bonds.